The van der Waals surface area contributed by atoms with E-state index in [0.717, 1.165) is 11.8 Å². The molecule has 0 aromatic heterocycles. The van der Waals surface area contributed by atoms with Gasteiger partial charge in [0.1, 0.15) is 0 Å². The normalized spacial score (nSPS) is 25.4. The molecule has 0 aliphatic heterocycles. The summed E-state index contributed by atoms with van der Waals surface area (Å²) in [5, 5.41) is 0. The molecule has 1 aliphatic rings. The number of hydrogen-bond donors (Lipinski definition) is 0. The van der Waals surface area contributed by atoms with Crippen LogP contribution in [0.5, 0.6) is 0 Å². The Balaban J connectivity index is 2.18. The van der Waals surface area contributed by atoms with Gasteiger partial charge in [-0.2, -0.15) is 0 Å². The van der Waals surface area contributed by atoms with Gasteiger partial charge in [0.05, 0.1) is 0 Å². The van der Waals surface area contributed by atoms with E-state index >= 15 is 0 Å². The molecule has 0 spiro atoms. The van der Waals surface area contributed by atoms with Crippen LogP contribution in [0.3, 0.4) is 0 Å². The van der Waals surface area contributed by atoms with Crippen molar-refractivity contribution >= 4 is 0 Å². The van der Waals surface area contributed by atoms with Crippen molar-refractivity contribution in [1.82, 2.24) is 0 Å². The molecule has 0 saturated carbocycles. The molecule has 0 amide bonds. The number of rotatable bonds is 4. The summed E-state index contributed by atoms with van der Waals surface area (Å²) >= 11 is 0. The Kier molecular flexibility index (Phi) is 3.41. The Morgan fingerprint density at radius 2 is 2.55 bits per heavy atom. The first-order chi connectivity index (χ1) is 5.33. The van der Waals surface area contributed by atoms with Gasteiger partial charge in [0.25, 0.3) is 0 Å². The van der Waals surface area contributed by atoms with E-state index in [9.17, 15) is 0 Å². The van der Waals surface area contributed by atoms with Crippen LogP contribution in [0.25, 0.3) is 0 Å². The standard InChI is InChI=1S/C11H18/c1-3-6-10(2)9-11-7-4-5-8-11/h3-4,7,10-11H,1,5-6,8-9H2,2H3/t10-,11?/m0/s1. The quantitative estimate of drug-likeness (QED) is 0.537. The van der Waals surface area contributed by atoms with Crippen LogP contribution in [-0.2, 0) is 0 Å². The van der Waals surface area contributed by atoms with E-state index in [2.05, 4.69) is 25.7 Å². The average Bonchev–Trinajstić information content (AvgIpc) is 2.40. The van der Waals surface area contributed by atoms with Crippen molar-refractivity contribution in [3.63, 3.8) is 0 Å². The topological polar surface area (TPSA) is 0 Å². The molecule has 11 heavy (non-hydrogen) atoms. The van der Waals surface area contributed by atoms with Gasteiger partial charge in [0.2, 0.25) is 0 Å². The van der Waals surface area contributed by atoms with Crippen molar-refractivity contribution in [1.29, 1.82) is 0 Å². The Hall–Kier alpha value is -0.520. The zero-order valence-corrected chi connectivity index (χ0v) is 7.42. The Bertz CT molecular complexity index is 144. The fraction of sp³-hybridized carbons (Fsp3) is 0.636. The lowest BCUT2D eigenvalue weighted by Gasteiger charge is -2.12. The molecule has 62 valence electrons. The first-order valence-corrected chi connectivity index (χ1v) is 4.60. The first kappa shape index (κ1) is 8.58. The van der Waals surface area contributed by atoms with Gasteiger partial charge in [0.15, 0.2) is 0 Å². The highest BCUT2D eigenvalue weighted by molar-refractivity contribution is 4.96. The maximum Gasteiger partial charge on any atom is -0.0228 e. The molecule has 2 atom stereocenters. The SMILES string of the molecule is C=CC[C@H](C)CC1C=CCC1. The van der Waals surface area contributed by atoms with Crippen LogP contribution in [0, 0.1) is 11.8 Å². The van der Waals surface area contributed by atoms with E-state index in [1.165, 1.54) is 25.7 Å². The van der Waals surface area contributed by atoms with Crippen LogP contribution in [0.4, 0.5) is 0 Å². The summed E-state index contributed by atoms with van der Waals surface area (Å²) < 4.78 is 0. The molecule has 0 aromatic carbocycles. The molecule has 0 aromatic rings. The predicted molar refractivity (Wildman–Crippen MR) is 50.5 cm³/mol. The van der Waals surface area contributed by atoms with Crippen molar-refractivity contribution in [2.45, 2.75) is 32.6 Å². The van der Waals surface area contributed by atoms with Crippen molar-refractivity contribution in [2.75, 3.05) is 0 Å². The van der Waals surface area contributed by atoms with Gasteiger partial charge < -0.3 is 0 Å². The van der Waals surface area contributed by atoms with E-state index in [1.807, 2.05) is 6.08 Å². The minimum absolute atomic E-state index is 0.820. The second-order valence-corrected chi connectivity index (χ2v) is 3.63. The van der Waals surface area contributed by atoms with E-state index in [0.29, 0.717) is 0 Å². The first-order valence-electron chi connectivity index (χ1n) is 4.60. The summed E-state index contributed by atoms with van der Waals surface area (Å²) in [5.41, 5.74) is 0. The largest absolute Gasteiger partial charge is 0.103 e. The summed E-state index contributed by atoms with van der Waals surface area (Å²) in [6.45, 7) is 6.07. The lowest BCUT2D eigenvalue weighted by molar-refractivity contribution is 0.444. The lowest BCUT2D eigenvalue weighted by Crippen LogP contribution is -2.00. The van der Waals surface area contributed by atoms with E-state index in [1.54, 1.807) is 0 Å². The predicted octanol–water partition coefficient (Wildman–Crippen LogP) is 3.55. The highest BCUT2D eigenvalue weighted by Crippen LogP contribution is 2.25. The smallest absolute Gasteiger partial charge is 0.0228 e. The maximum atomic E-state index is 3.76. The summed E-state index contributed by atoms with van der Waals surface area (Å²) in [7, 11) is 0. The Morgan fingerprint density at radius 1 is 1.73 bits per heavy atom. The van der Waals surface area contributed by atoms with Crippen LogP contribution in [0.2, 0.25) is 0 Å². The lowest BCUT2D eigenvalue weighted by atomic mass is 9.93. The molecule has 0 bridgehead atoms. The highest BCUT2D eigenvalue weighted by Gasteiger charge is 2.11. The molecular formula is C11H18. The van der Waals surface area contributed by atoms with Gasteiger partial charge in [-0.3, -0.25) is 0 Å². The van der Waals surface area contributed by atoms with Gasteiger partial charge in [0, 0.05) is 0 Å². The van der Waals surface area contributed by atoms with Crippen LogP contribution < -0.4 is 0 Å². The van der Waals surface area contributed by atoms with Gasteiger partial charge in [-0.1, -0.05) is 25.2 Å². The minimum Gasteiger partial charge on any atom is -0.103 e. The zero-order chi connectivity index (χ0) is 8.10. The molecule has 1 aliphatic carbocycles. The van der Waals surface area contributed by atoms with Crippen molar-refractivity contribution in [3.05, 3.63) is 24.8 Å². The Morgan fingerprint density at radius 3 is 3.09 bits per heavy atom. The summed E-state index contributed by atoms with van der Waals surface area (Å²) in [4.78, 5) is 0. The van der Waals surface area contributed by atoms with Crippen molar-refractivity contribution < 1.29 is 0 Å². The number of allylic oxidation sites excluding steroid dienone is 3. The third-order valence-electron chi connectivity index (χ3n) is 2.39. The minimum atomic E-state index is 0.820. The van der Waals surface area contributed by atoms with Crippen molar-refractivity contribution in [3.8, 4) is 0 Å². The summed E-state index contributed by atoms with van der Waals surface area (Å²) in [6, 6.07) is 0. The summed E-state index contributed by atoms with van der Waals surface area (Å²) in [5.74, 6) is 1.69. The molecule has 0 saturated heterocycles. The molecule has 0 N–H and O–H groups in total. The molecule has 0 heteroatoms. The molecule has 1 unspecified atom stereocenters. The second-order valence-electron chi connectivity index (χ2n) is 3.63. The monoisotopic (exact) mass is 150 g/mol. The number of hydrogen-bond acceptors (Lipinski definition) is 0. The summed E-state index contributed by atoms with van der Waals surface area (Å²) in [6.07, 6.45) is 11.9. The fourth-order valence-corrected chi connectivity index (χ4v) is 1.79. The third-order valence-corrected chi connectivity index (χ3v) is 2.39. The zero-order valence-electron chi connectivity index (χ0n) is 7.42. The van der Waals surface area contributed by atoms with Crippen LogP contribution in [-0.4, -0.2) is 0 Å². The molecule has 1 rings (SSSR count). The van der Waals surface area contributed by atoms with E-state index in [-0.39, 0.29) is 0 Å². The fourth-order valence-electron chi connectivity index (χ4n) is 1.79. The third kappa shape index (κ3) is 2.92. The Labute approximate surface area is 70.0 Å². The second kappa shape index (κ2) is 4.38. The van der Waals surface area contributed by atoms with Crippen molar-refractivity contribution in [2.24, 2.45) is 11.8 Å². The molecule has 0 nitrogen and oxygen atoms in total. The van der Waals surface area contributed by atoms with E-state index in [4.69, 9.17) is 0 Å². The van der Waals surface area contributed by atoms with Crippen LogP contribution in [0.1, 0.15) is 32.6 Å². The van der Waals surface area contributed by atoms with Gasteiger partial charge in [-0.15, -0.1) is 6.58 Å². The molecular weight excluding hydrogens is 132 g/mol. The molecule has 0 fully saturated rings. The van der Waals surface area contributed by atoms with Crippen LogP contribution >= 0.6 is 0 Å². The van der Waals surface area contributed by atoms with Gasteiger partial charge >= 0.3 is 0 Å². The highest BCUT2D eigenvalue weighted by atomic mass is 14.2. The maximum absolute atomic E-state index is 3.76. The molecule has 0 radical (unpaired) electrons. The molecule has 0 heterocycles. The van der Waals surface area contributed by atoms with Crippen LogP contribution in [0.15, 0.2) is 24.8 Å². The van der Waals surface area contributed by atoms with Gasteiger partial charge in [-0.25, -0.2) is 0 Å². The van der Waals surface area contributed by atoms with E-state index < -0.39 is 0 Å². The van der Waals surface area contributed by atoms with Gasteiger partial charge in [-0.05, 0) is 37.5 Å². The average molecular weight is 150 g/mol.